The molecule has 1 saturated carbocycles. The van der Waals surface area contributed by atoms with Gasteiger partial charge in [-0.25, -0.2) is 13.2 Å². The lowest BCUT2D eigenvalue weighted by Crippen LogP contribution is -2.20. The molecule has 1 aromatic heterocycles. The van der Waals surface area contributed by atoms with E-state index >= 15 is 0 Å². The van der Waals surface area contributed by atoms with Crippen molar-refractivity contribution in [1.82, 2.24) is 4.98 Å². The number of nitrogens with one attached hydrogen (secondary N) is 1. The smallest absolute Gasteiger partial charge is 0.355 e. The van der Waals surface area contributed by atoms with E-state index in [9.17, 15) is 13.2 Å². The molecule has 2 atom stereocenters. The van der Waals surface area contributed by atoms with Gasteiger partial charge in [0.15, 0.2) is 0 Å². The quantitative estimate of drug-likeness (QED) is 0.873. The van der Waals surface area contributed by atoms with Crippen LogP contribution in [-0.4, -0.2) is 37.0 Å². The average molecular weight is 333 g/mol. The second kappa shape index (κ2) is 6.20. The van der Waals surface area contributed by atoms with Crippen LogP contribution in [0, 0.1) is 0 Å². The molecule has 0 saturated heterocycles. The Morgan fingerprint density at radius 3 is 2.52 bits per heavy atom. The highest BCUT2D eigenvalue weighted by Gasteiger charge is 2.33. The minimum absolute atomic E-state index is 0.328. The summed E-state index contributed by atoms with van der Waals surface area (Å²) in [7, 11) is -3.07. The number of ether oxygens (including phenoxy) is 1. The Morgan fingerprint density at radius 2 is 1.87 bits per heavy atom. The minimum atomic E-state index is -3.07. The first-order valence-electron chi connectivity index (χ1n) is 7.58. The molecule has 6 heteroatoms. The van der Waals surface area contributed by atoms with Crippen LogP contribution in [0.15, 0.2) is 42.5 Å². The highest BCUT2D eigenvalue weighted by Crippen LogP contribution is 2.28. The molecule has 122 valence electrons. The van der Waals surface area contributed by atoms with E-state index in [1.807, 2.05) is 36.4 Å². The Morgan fingerprint density at radius 1 is 1.13 bits per heavy atom. The van der Waals surface area contributed by atoms with Crippen molar-refractivity contribution in [2.45, 2.75) is 30.6 Å². The highest BCUT2D eigenvalue weighted by atomic mass is 32.2. The second-order valence-electron chi connectivity index (χ2n) is 5.94. The van der Waals surface area contributed by atoms with Crippen LogP contribution in [0.4, 0.5) is 0 Å². The third-order valence-electron chi connectivity index (χ3n) is 4.21. The first kappa shape index (κ1) is 15.8. The normalized spacial score (nSPS) is 21.3. The van der Waals surface area contributed by atoms with E-state index in [4.69, 9.17) is 4.74 Å². The number of carbonyl (C=O) groups is 1. The van der Waals surface area contributed by atoms with Gasteiger partial charge in [0, 0.05) is 18.4 Å². The predicted molar refractivity (Wildman–Crippen MR) is 87.9 cm³/mol. The van der Waals surface area contributed by atoms with Crippen molar-refractivity contribution < 1.29 is 17.9 Å². The third-order valence-corrected chi connectivity index (χ3v) is 5.85. The summed E-state index contributed by atoms with van der Waals surface area (Å²) in [6.07, 6.45) is 2.44. The Bertz CT molecular complexity index is 795. The summed E-state index contributed by atoms with van der Waals surface area (Å²) in [5.74, 6) is -0.439. The number of H-pyrrole nitrogens is 1. The number of aromatic amines is 1. The lowest BCUT2D eigenvalue weighted by molar-refractivity contribution is 0.0312. The average Bonchev–Trinajstić information content (AvgIpc) is 3.16. The summed E-state index contributed by atoms with van der Waals surface area (Å²) < 4.78 is 28.5. The molecule has 2 aromatic rings. The standard InChI is InChI=1S/C17H19NO4S/c1-23(20,21)14-8-7-13(11-14)22-17(19)16-10-9-15(18-16)12-5-3-2-4-6-12/h2-6,9-10,13-14,18H,7-8,11H2,1H3/t13-,14+/m1/s1. The van der Waals surface area contributed by atoms with Crippen LogP contribution in [0.2, 0.25) is 0 Å². The van der Waals surface area contributed by atoms with Crippen LogP contribution in [0.5, 0.6) is 0 Å². The molecule has 0 radical (unpaired) electrons. The van der Waals surface area contributed by atoms with Gasteiger partial charge in [0.25, 0.3) is 0 Å². The SMILES string of the molecule is CS(=O)(=O)[C@H]1CC[C@@H](OC(=O)c2ccc(-c3ccccc3)[nH]2)C1. The molecule has 3 rings (SSSR count). The van der Waals surface area contributed by atoms with Crippen LogP contribution in [0.3, 0.4) is 0 Å². The summed E-state index contributed by atoms with van der Waals surface area (Å²) in [4.78, 5) is 15.3. The molecular weight excluding hydrogens is 314 g/mol. The van der Waals surface area contributed by atoms with Crippen LogP contribution in [0.25, 0.3) is 11.3 Å². The molecular formula is C17H19NO4S. The molecule has 1 N–H and O–H groups in total. The van der Waals surface area contributed by atoms with E-state index in [1.54, 1.807) is 6.07 Å². The third kappa shape index (κ3) is 3.64. The largest absolute Gasteiger partial charge is 0.458 e. The molecule has 1 fully saturated rings. The second-order valence-corrected chi connectivity index (χ2v) is 8.27. The number of benzene rings is 1. The van der Waals surface area contributed by atoms with Gasteiger partial charge in [-0.2, -0.15) is 0 Å². The molecule has 5 nitrogen and oxygen atoms in total. The van der Waals surface area contributed by atoms with Gasteiger partial charge in [0.05, 0.1) is 5.25 Å². The lowest BCUT2D eigenvalue weighted by atomic mass is 10.2. The zero-order valence-electron chi connectivity index (χ0n) is 12.9. The summed E-state index contributed by atoms with van der Waals surface area (Å²) in [6, 6.07) is 13.2. The molecule has 23 heavy (non-hydrogen) atoms. The monoisotopic (exact) mass is 333 g/mol. The topological polar surface area (TPSA) is 76.2 Å². The van der Waals surface area contributed by atoms with Gasteiger partial charge in [-0.15, -0.1) is 0 Å². The van der Waals surface area contributed by atoms with Crippen LogP contribution >= 0.6 is 0 Å². The van der Waals surface area contributed by atoms with Crippen molar-refractivity contribution in [1.29, 1.82) is 0 Å². The van der Waals surface area contributed by atoms with E-state index in [0.29, 0.717) is 25.0 Å². The maximum atomic E-state index is 12.2. The molecule has 1 heterocycles. The zero-order valence-corrected chi connectivity index (χ0v) is 13.7. The highest BCUT2D eigenvalue weighted by molar-refractivity contribution is 7.91. The zero-order chi connectivity index (χ0) is 16.4. The summed E-state index contributed by atoms with van der Waals surface area (Å²) in [6.45, 7) is 0. The van der Waals surface area contributed by atoms with Crippen LogP contribution in [0.1, 0.15) is 29.8 Å². The molecule has 0 unspecified atom stereocenters. The van der Waals surface area contributed by atoms with E-state index in [0.717, 1.165) is 11.3 Å². The number of hydrogen-bond acceptors (Lipinski definition) is 4. The van der Waals surface area contributed by atoms with Crippen molar-refractivity contribution in [3.05, 3.63) is 48.2 Å². The number of carbonyl (C=O) groups excluding carboxylic acids is 1. The van der Waals surface area contributed by atoms with Crippen molar-refractivity contribution in [2.24, 2.45) is 0 Å². The van der Waals surface area contributed by atoms with Gasteiger partial charge in [-0.05, 0) is 30.5 Å². The van der Waals surface area contributed by atoms with Crippen molar-refractivity contribution in [3.8, 4) is 11.3 Å². The van der Waals surface area contributed by atoms with Gasteiger partial charge in [-0.1, -0.05) is 30.3 Å². The summed E-state index contributed by atoms with van der Waals surface area (Å²) in [5, 5.41) is -0.399. The fourth-order valence-corrected chi connectivity index (χ4v) is 4.04. The van der Waals surface area contributed by atoms with Gasteiger partial charge < -0.3 is 9.72 Å². The summed E-state index contributed by atoms with van der Waals surface area (Å²) in [5.41, 5.74) is 2.22. The first-order valence-corrected chi connectivity index (χ1v) is 9.53. The molecule has 1 aromatic carbocycles. The first-order chi connectivity index (χ1) is 10.9. The molecule has 0 amide bonds. The Balaban J connectivity index is 1.65. The summed E-state index contributed by atoms with van der Waals surface area (Å²) >= 11 is 0. The maximum Gasteiger partial charge on any atom is 0.355 e. The van der Waals surface area contributed by atoms with Gasteiger partial charge in [0.2, 0.25) is 0 Å². The Kier molecular flexibility index (Phi) is 4.26. The van der Waals surface area contributed by atoms with Crippen molar-refractivity contribution in [3.63, 3.8) is 0 Å². The van der Waals surface area contributed by atoms with Gasteiger partial charge in [0.1, 0.15) is 21.6 Å². The predicted octanol–water partition coefficient (Wildman–Crippen LogP) is 2.80. The number of aromatic nitrogens is 1. The van der Waals surface area contributed by atoms with Gasteiger partial charge >= 0.3 is 5.97 Å². The van der Waals surface area contributed by atoms with Crippen molar-refractivity contribution >= 4 is 15.8 Å². The minimum Gasteiger partial charge on any atom is -0.458 e. The molecule has 0 aliphatic heterocycles. The van der Waals surface area contributed by atoms with Crippen LogP contribution < -0.4 is 0 Å². The number of sulfone groups is 1. The van der Waals surface area contributed by atoms with Crippen molar-refractivity contribution in [2.75, 3.05) is 6.26 Å². The number of esters is 1. The molecule has 0 spiro atoms. The molecule has 1 aliphatic carbocycles. The van der Waals surface area contributed by atoms with Gasteiger partial charge in [-0.3, -0.25) is 0 Å². The molecule has 1 aliphatic rings. The van der Waals surface area contributed by atoms with Crippen LogP contribution in [-0.2, 0) is 14.6 Å². The molecule has 0 bridgehead atoms. The Hall–Kier alpha value is -2.08. The lowest BCUT2D eigenvalue weighted by Gasteiger charge is -2.11. The van der Waals surface area contributed by atoms with E-state index < -0.39 is 21.1 Å². The Labute approximate surface area is 135 Å². The van der Waals surface area contributed by atoms with E-state index in [-0.39, 0.29) is 6.10 Å². The fourth-order valence-electron chi connectivity index (χ4n) is 2.91. The maximum absolute atomic E-state index is 12.2. The number of hydrogen-bond donors (Lipinski definition) is 1. The fraction of sp³-hybridized carbons (Fsp3) is 0.353. The van der Waals surface area contributed by atoms with E-state index in [2.05, 4.69) is 4.98 Å². The van der Waals surface area contributed by atoms with E-state index in [1.165, 1.54) is 6.26 Å². The number of rotatable bonds is 4.